The Hall–Kier alpha value is -15.9. The van der Waals surface area contributed by atoms with Crippen molar-refractivity contribution < 1.29 is 0 Å². The average Bonchev–Trinajstić information content (AvgIpc) is 1.02. The molecule has 23 aromatic rings. The molecule has 0 N–H and O–H groups in total. The largest absolute Gasteiger partial charge is 0.309 e. The summed E-state index contributed by atoms with van der Waals surface area (Å²) >= 11 is 0. The molecule has 0 unspecified atom stereocenters. The Morgan fingerprint density at radius 1 is 0.157 bits per heavy atom. The van der Waals surface area contributed by atoms with Crippen molar-refractivity contribution in [2.45, 2.75) is 0 Å². The first-order valence-electron chi connectivity index (χ1n) is 41.4. The molecule has 4 aromatic heterocycles. The van der Waals surface area contributed by atoms with Gasteiger partial charge in [0.15, 0.2) is 8.07 Å². The Labute approximate surface area is 703 Å². The number of rotatable bonds is 14. The Balaban J connectivity index is 0.000000151. The van der Waals surface area contributed by atoms with E-state index in [1.807, 2.05) is 24.3 Å². The van der Waals surface area contributed by atoms with Gasteiger partial charge in [-0.2, -0.15) is 5.26 Å². The van der Waals surface area contributed by atoms with Gasteiger partial charge in [0.05, 0.1) is 55.8 Å². The van der Waals surface area contributed by atoms with Crippen LogP contribution in [0.5, 0.6) is 0 Å². The average molecular weight is 1560 g/mol. The van der Waals surface area contributed by atoms with Gasteiger partial charge in [0, 0.05) is 65.8 Å². The molecule has 0 aliphatic heterocycles. The van der Waals surface area contributed by atoms with Gasteiger partial charge in [-0.25, -0.2) is 0 Å². The summed E-state index contributed by atoms with van der Waals surface area (Å²) in [5.41, 5.74) is 28.9. The molecular weight excluding hydrogens is 1480 g/mol. The molecule has 0 atom stereocenters. The SMILES string of the molecule is N#Cc1ccc(-c2cccc(-n3c4ccccc4c4cc(-c5ccc6c(c5)c5ccccc5n6-c5cccc(-c6ccccc6)c5)ccc43)c2)cc1.c1ccc(-c2cccc(-n3c4ccccc4c4cc(-c5ccc6c(c5)c5ccccc5n6-c5cccc(-c6ccc([Si](c7ccccc7)(c7ccccc7)c7ccccc7)cc6)c5)ccc43)c2)cc1. The summed E-state index contributed by atoms with van der Waals surface area (Å²) in [7, 11) is -2.63. The van der Waals surface area contributed by atoms with E-state index in [4.69, 9.17) is 0 Å². The zero-order chi connectivity index (χ0) is 80.3. The third kappa shape index (κ3) is 12.5. The second-order valence-electron chi connectivity index (χ2n) is 31.4. The predicted octanol–water partition coefficient (Wildman–Crippen LogP) is 27.0. The lowest BCUT2D eigenvalue weighted by atomic mass is 10.0. The first kappa shape index (κ1) is 71.6. The molecule has 0 fully saturated rings. The second-order valence-corrected chi connectivity index (χ2v) is 35.2. The molecule has 23 rings (SSSR count). The fourth-order valence-electron chi connectivity index (χ4n) is 19.0. The van der Waals surface area contributed by atoms with Crippen molar-refractivity contribution >= 4 is 116 Å². The van der Waals surface area contributed by atoms with E-state index in [9.17, 15) is 5.26 Å². The van der Waals surface area contributed by atoms with E-state index < -0.39 is 8.07 Å². The molecule has 6 heteroatoms. The van der Waals surface area contributed by atoms with Gasteiger partial charge in [-0.05, 0) is 221 Å². The second kappa shape index (κ2) is 30.3. The van der Waals surface area contributed by atoms with Gasteiger partial charge in [-0.3, -0.25) is 0 Å². The zero-order valence-electron chi connectivity index (χ0n) is 66.2. The van der Waals surface area contributed by atoms with Gasteiger partial charge in [0.1, 0.15) is 0 Å². The highest BCUT2D eigenvalue weighted by atomic mass is 28.3. The van der Waals surface area contributed by atoms with Crippen LogP contribution in [-0.2, 0) is 0 Å². The maximum absolute atomic E-state index is 9.28. The lowest BCUT2D eigenvalue weighted by Crippen LogP contribution is -2.74. The van der Waals surface area contributed by atoms with Gasteiger partial charge in [-0.15, -0.1) is 0 Å². The highest BCUT2D eigenvalue weighted by Gasteiger charge is 2.41. The number of hydrogen-bond acceptors (Lipinski definition) is 1. The van der Waals surface area contributed by atoms with Crippen LogP contribution in [-0.4, -0.2) is 26.3 Å². The number of para-hydroxylation sites is 4. The van der Waals surface area contributed by atoms with Gasteiger partial charge in [0.2, 0.25) is 0 Å². The molecule has 4 heterocycles. The molecule has 121 heavy (non-hydrogen) atoms. The van der Waals surface area contributed by atoms with Crippen molar-refractivity contribution in [2.75, 3.05) is 0 Å². The van der Waals surface area contributed by atoms with Crippen LogP contribution in [0, 0.1) is 11.3 Å². The van der Waals surface area contributed by atoms with E-state index in [2.05, 4.69) is 467 Å². The van der Waals surface area contributed by atoms with Crippen LogP contribution in [0.15, 0.2) is 467 Å². The minimum atomic E-state index is -2.63. The molecule has 0 amide bonds. The Morgan fingerprint density at radius 3 is 0.645 bits per heavy atom. The van der Waals surface area contributed by atoms with Crippen molar-refractivity contribution in [1.29, 1.82) is 5.26 Å². The Bertz CT molecular complexity index is 7830. The summed E-state index contributed by atoms with van der Waals surface area (Å²) in [6.07, 6.45) is 0. The monoisotopic (exact) mass is 1560 g/mol. The first-order valence-corrected chi connectivity index (χ1v) is 43.4. The molecule has 0 saturated carbocycles. The summed E-state index contributed by atoms with van der Waals surface area (Å²) < 4.78 is 9.60. The minimum Gasteiger partial charge on any atom is -0.309 e. The van der Waals surface area contributed by atoms with Crippen LogP contribution < -0.4 is 20.7 Å². The number of fused-ring (bicyclic) bond motifs is 12. The molecule has 0 aliphatic carbocycles. The van der Waals surface area contributed by atoms with Crippen LogP contribution in [0.25, 0.3) is 177 Å². The van der Waals surface area contributed by atoms with Crippen molar-refractivity contribution in [1.82, 2.24) is 18.3 Å². The van der Waals surface area contributed by atoms with Crippen LogP contribution in [0.2, 0.25) is 0 Å². The number of benzene rings is 19. The maximum Gasteiger partial charge on any atom is 0.179 e. The standard InChI is InChI=1S/C66H46N2Si.C49H31N3/c1-5-19-47(20-6-1)49-21-17-23-53(43-49)67-63-33-15-13-31-59(63)61-45-51(37-41-65(61)67)52-38-42-66-62(46-52)60-32-14-16-34-64(60)68(66)54-24-18-22-50(44-54)48-35-39-58(40-36-48)69(55-25-7-2-8-26-55,56-27-9-3-10-28-56)57-29-11-4-12-30-57;50-32-33-20-22-35(23-21-33)37-13-9-15-41(29-37)52-47-19-7-5-17-43(47)45-31-39(25-27-49(45)52)38-24-26-48-44(30-38)42-16-4-6-18-46(42)51(48)40-14-8-12-36(28-40)34-10-2-1-3-11-34/h1-46H;1-31H. The van der Waals surface area contributed by atoms with Gasteiger partial charge in [-0.1, -0.05) is 334 Å². The third-order valence-corrected chi connectivity index (χ3v) is 29.4. The fourth-order valence-corrected chi connectivity index (χ4v) is 23.7. The number of hydrogen-bond donors (Lipinski definition) is 0. The van der Waals surface area contributed by atoms with Crippen molar-refractivity contribution in [3.05, 3.63) is 473 Å². The van der Waals surface area contributed by atoms with Crippen molar-refractivity contribution in [3.63, 3.8) is 0 Å². The van der Waals surface area contributed by atoms with E-state index in [1.165, 1.54) is 158 Å². The molecular formula is C115H77N5Si. The summed E-state index contributed by atoms with van der Waals surface area (Å²) in [5.74, 6) is 0. The minimum absolute atomic E-state index is 0.664. The molecule has 0 spiro atoms. The molecule has 5 nitrogen and oxygen atoms in total. The molecule has 0 radical (unpaired) electrons. The van der Waals surface area contributed by atoms with Gasteiger partial charge in [0.25, 0.3) is 0 Å². The van der Waals surface area contributed by atoms with Crippen LogP contribution in [0.1, 0.15) is 5.56 Å². The molecule has 0 bridgehead atoms. The Kier molecular flexibility index (Phi) is 17.9. The van der Waals surface area contributed by atoms with E-state index in [0.29, 0.717) is 5.56 Å². The third-order valence-electron chi connectivity index (χ3n) is 24.6. The molecule has 0 saturated heterocycles. The lowest BCUT2D eigenvalue weighted by molar-refractivity contribution is 1.18. The summed E-state index contributed by atoms with van der Waals surface area (Å²) in [5, 5.41) is 24.7. The number of nitriles is 1. The highest BCUT2D eigenvalue weighted by molar-refractivity contribution is 7.19. The zero-order valence-corrected chi connectivity index (χ0v) is 67.2. The van der Waals surface area contributed by atoms with Crippen LogP contribution >= 0.6 is 0 Å². The first-order chi connectivity index (χ1) is 59.9. The summed E-state index contributed by atoms with van der Waals surface area (Å²) in [4.78, 5) is 0. The summed E-state index contributed by atoms with van der Waals surface area (Å²) in [6, 6.07) is 172. The summed E-state index contributed by atoms with van der Waals surface area (Å²) in [6.45, 7) is 0. The van der Waals surface area contributed by atoms with Crippen molar-refractivity contribution in [3.8, 4) is 95.6 Å². The topological polar surface area (TPSA) is 43.5 Å². The molecule has 566 valence electrons. The van der Waals surface area contributed by atoms with Crippen LogP contribution in [0.4, 0.5) is 0 Å². The van der Waals surface area contributed by atoms with E-state index in [1.54, 1.807) is 0 Å². The maximum atomic E-state index is 9.28. The van der Waals surface area contributed by atoms with Gasteiger partial charge >= 0.3 is 0 Å². The smallest absolute Gasteiger partial charge is 0.179 e. The normalized spacial score (nSPS) is 11.6. The highest BCUT2D eigenvalue weighted by Crippen LogP contribution is 2.43. The molecule has 0 aliphatic rings. The lowest BCUT2D eigenvalue weighted by Gasteiger charge is -2.34. The molecule has 19 aromatic carbocycles. The number of nitrogens with zero attached hydrogens (tertiary/aromatic N) is 5. The van der Waals surface area contributed by atoms with Crippen molar-refractivity contribution in [2.24, 2.45) is 0 Å². The Morgan fingerprint density at radius 2 is 0.364 bits per heavy atom. The number of aromatic nitrogens is 4. The predicted molar refractivity (Wildman–Crippen MR) is 511 cm³/mol. The quantitative estimate of drug-likeness (QED) is 0.0790. The van der Waals surface area contributed by atoms with E-state index in [-0.39, 0.29) is 0 Å². The van der Waals surface area contributed by atoms with Gasteiger partial charge < -0.3 is 18.3 Å². The van der Waals surface area contributed by atoms with Crippen LogP contribution in [0.3, 0.4) is 0 Å². The van der Waals surface area contributed by atoms with E-state index in [0.717, 1.165) is 39.4 Å². The fraction of sp³-hybridized carbons (Fsp3) is 0. The van der Waals surface area contributed by atoms with E-state index >= 15 is 0 Å².